The molecule has 6 heteroatoms. The van der Waals surface area contributed by atoms with Gasteiger partial charge in [-0.05, 0) is 69.2 Å². The molecule has 1 aliphatic rings. The molecule has 0 aliphatic carbocycles. The summed E-state index contributed by atoms with van der Waals surface area (Å²) >= 11 is 0. The predicted molar refractivity (Wildman–Crippen MR) is 112 cm³/mol. The van der Waals surface area contributed by atoms with E-state index < -0.39 is 0 Å². The van der Waals surface area contributed by atoms with Crippen molar-refractivity contribution in [3.8, 4) is 11.5 Å². The average Bonchev–Trinajstić information content (AvgIpc) is 3.21. The van der Waals surface area contributed by atoms with Crippen molar-refractivity contribution >= 4 is 11.6 Å². The summed E-state index contributed by atoms with van der Waals surface area (Å²) in [6.07, 6.45) is 1.82. The van der Waals surface area contributed by atoms with Crippen LogP contribution in [0.2, 0.25) is 0 Å². The summed E-state index contributed by atoms with van der Waals surface area (Å²) in [6, 6.07) is 12.0. The zero-order chi connectivity index (χ0) is 21.0. The second kappa shape index (κ2) is 9.16. The van der Waals surface area contributed by atoms with Crippen LogP contribution < -0.4 is 14.4 Å². The fraction of sp³-hybridized carbons (Fsp3) is 0.435. The number of likely N-dealkylation sites (tertiary alicyclic amines) is 1. The third-order valence-electron chi connectivity index (χ3n) is 5.46. The highest BCUT2D eigenvalue weighted by atomic mass is 19.1. The molecule has 0 radical (unpaired) electrons. The highest BCUT2D eigenvalue weighted by Crippen LogP contribution is 2.39. The number of amides is 1. The predicted octanol–water partition coefficient (Wildman–Crippen LogP) is 4.42. The van der Waals surface area contributed by atoms with E-state index in [0.717, 1.165) is 35.6 Å². The van der Waals surface area contributed by atoms with Crippen molar-refractivity contribution in [2.45, 2.75) is 38.8 Å². The molecule has 1 saturated heterocycles. The Labute approximate surface area is 172 Å². The Bertz CT molecular complexity index is 839. The number of anilines is 1. The van der Waals surface area contributed by atoms with Gasteiger partial charge in [-0.25, -0.2) is 4.39 Å². The third-order valence-corrected chi connectivity index (χ3v) is 5.46. The molecule has 0 aromatic heterocycles. The quantitative estimate of drug-likeness (QED) is 0.690. The maximum Gasteiger partial charge on any atom is 0.242 e. The SMILES string of the molecule is COc1ccc(OC)c(C2CCCN2C(=O)CN(c2ccc(F)cc2)C(C)C)c1. The van der Waals surface area contributed by atoms with Crippen LogP contribution in [0.5, 0.6) is 11.5 Å². The monoisotopic (exact) mass is 400 g/mol. The van der Waals surface area contributed by atoms with Crippen LogP contribution in [0.15, 0.2) is 42.5 Å². The molecule has 0 spiro atoms. The number of methoxy groups -OCH3 is 2. The highest BCUT2D eigenvalue weighted by Gasteiger charge is 2.33. The number of hydrogen-bond acceptors (Lipinski definition) is 4. The summed E-state index contributed by atoms with van der Waals surface area (Å²) in [6.45, 7) is 5.01. The Morgan fingerprint density at radius 2 is 1.90 bits per heavy atom. The molecule has 29 heavy (non-hydrogen) atoms. The summed E-state index contributed by atoms with van der Waals surface area (Å²) in [7, 11) is 3.27. The Hall–Kier alpha value is -2.76. The number of ether oxygens (including phenoxy) is 2. The minimum atomic E-state index is -0.284. The number of rotatable bonds is 7. The first kappa shape index (κ1) is 21.0. The number of halogens is 1. The molecule has 156 valence electrons. The molecule has 0 saturated carbocycles. The lowest BCUT2D eigenvalue weighted by molar-refractivity contribution is -0.130. The molecular weight excluding hydrogens is 371 g/mol. The van der Waals surface area contributed by atoms with E-state index in [9.17, 15) is 9.18 Å². The zero-order valence-electron chi connectivity index (χ0n) is 17.5. The summed E-state index contributed by atoms with van der Waals surface area (Å²) in [5.74, 6) is 1.27. The van der Waals surface area contributed by atoms with Crippen LogP contribution in [0, 0.1) is 5.82 Å². The maximum atomic E-state index is 13.3. The number of carbonyl (C=O) groups excluding carboxylic acids is 1. The fourth-order valence-corrected chi connectivity index (χ4v) is 3.93. The minimum absolute atomic E-state index is 0.0465. The molecule has 1 unspecified atom stereocenters. The number of carbonyl (C=O) groups is 1. The van der Waals surface area contributed by atoms with E-state index in [1.807, 2.05) is 41.8 Å². The van der Waals surface area contributed by atoms with Gasteiger partial charge in [0.1, 0.15) is 17.3 Å². The van der Waals surface area contributed by atoms with Gasteiger partial charge in [0, 0.05) is 23.8 Å². The van der Waals surface area contributed by atoms with Crippen LogP contribution in [0.25, 0.3) is 0 Å². The van der Waals surface area contributed by atoms with Gasteiger partial charge in [-0.15, -0.1) is 0 Å². The van der Waals surface area contributed by atoms with Crippen molar-refractivity contribution < 1.29 is 18.7 Å². The van der Waals surface area contributed by atoms with Crippen LogP contribution in [0.3, 0.4) is 0 Å². The van der Waals surface area contributed by atoms with E-state index in [1.165, 1.54) is 12.1 Å². The summed E-state index contributed by atoms with van der Waals surface area (Å²) < 4.78 is 24.2. The van der Waals surface area contributed by atoms with Crippen molar-refractivity contribution in [3.05, 3.63) is 53.8 Å². The van der Waals surface area contributed by atoms with Gasteiger partial charge in [0.05, 0.1) is 26.8 Å². The van der Waals surface area contributed by atoms with E-state index in [-0.39, 0.29) is 30.4 Å². The molecular formula is C23H29FN2O3. The number of nitrogens with zero attached hydrogens (tertiary/aromatic N) is 2. The van der Waals surface area contributed by atoms with Gasteiger partial charge >= 0.3 is 0 Å². The van der Waals surface area contributed by atoms with Crippen LogP contribution in [-0.4, -0.2) is 44.2 Å². The van der Waals surface area contributed by atoms with E-state index in [1.54, 1.807) is 26.4 Å². The van der Waals surface area contributed by atoms with Crippen LogP contribution in [0.4, 0.5) is 10.1 Å². The normalized spacial score (nSPS) is 16.2. The van der Waals surface area contributed by atoms with Gasteiger partial charge in [0.15, 0.2) is 0 Å². The molecule has 2 aromatic carbocycles. The standard InChI is InChI=1S/C23H29FN2O3/c1-16(2)26(18-9-7-17(24)8-10-18)15-23(27)25-13-5-6-21(25)20-14-19(28-3)11-12-22(20)29-4/h7-12,14,16,21H,5-6,13,15H2,1-4H3. The highest BCUT2D eigenvalue weighted by molar-refractivity contribution is 5.82. The van der Waals surface area contributed by atoms with Crippen molar-refractivity contribution in [2.24, 2.45) is 0 Å². The van der Waals surface area contributed by atoms with Crippen molar-refractivity contribution in [3.63, 3.8) is 0 Å². The molecule has 0 bridgehead atoms. The Morgan fingerprint density at radius 3 is 2.52 bits per heavy atom. The lowest BCUT2D eigenvalue weighted by Gasteiger charge is -2.33. The Morgan fingerprint density at radius 1 is 1.17 bits per heavy atom. The van der Waals surface area contributed by atoms with Gasteiger partial charge in [0.2, 0.25) is 5.91 Å². The van der Waals surface area contributed by atoms with Crippen molar-refractivity contribution in [1.29, 1.82) is 0 Å². The summed E-state index contributed by atoms with van der Waals surface area (Å²) in [5, 5.41) is 0. The molecule has 1 heterocycles. The summed E-state index contributed by atoms with van der Waals surface area (Å²) in [5.41, 5.74) is 1.81. The van der Waals surface area contributed by atoms with Crippen LogP contribution in [0.1, 0.15) is 38.3 Å². The second-order valence-electron chi connectivity index (χ2n) is 7.55. The number of benzene rings is 2. The molecule has 1 atom stereocenters. The van der Waals surface area contributed by atoms with Gasteiger partial charge < -0.3 is 19.3 Å². The van der Waals surface area contributed by atoms with Gasteiger partial charge in [-0.2, -0.15) is 0 Å². The van der Waals surface area contributed by atoms with Crippen molar-refractivity contribution in [2.75, 3.05) is 32.2 Å². The first-order chi connectivity index (χ1) is 13.9. The molecule has 1 amide bonds. The van der Waals surface area contributed by atoms with Gasteiger partial charge in [-0.1, -0.05) is 0 Å². The molecule has 1 aliphatic heterocycles. The molecule has 2 aromatic rings. The summed E-state index contributed by atoms with van der Waals surface area (Å²) in [4.78, 5) is 17.2. The largest absolute Gasteiger partial charge is 0.497 e. The maximum absolute atomic E-state index is 13.3. The topological polar surface area (TPSA) is 42.0 Å². The van der Waals surface area contributed by atoms with E-state index in [4.69, 9.17) is 9.47 Å². The molecule has 0 N–H and O–H groups in total. The third kappa shape index (κ3) is 4.63. The lowest BCUT2D eigenvalue weighted by Crippen LogP contribution is -2.43. The van der Waals surface area contributed by atoms with Gasteiger partial charge in [0.25, 0.3) is 0 Å². The van der Waals surface area contributed by atoms with Crippen molar-refractivity contribution in [1.82, 2.24) is 4.90 Å². The zero-order valence-corrected chi connectivity index (χ0v) is 17.5. The molecule has 3 rings (SSSR count). The van der Waals surface area contributed by atoms with Crippen LogP contribution >= 0.6 is 0 Å². The molecule has 1 fully saturated rings. The minimum Gasteiger partial charge on any atom is -0.497 e. The Kier molecular flexibility index (Phi) is 6.62. The molecule has 5 nitrogen and oxygen atoms in total. The van der Waals surface area contributed by atoms with E-state index in [2.05, 4.69) is 0 Å². The van der Waals surface area contributed by atoms with Gasteiger partial charge in [-0.3, -0.25) is 4.79 Å². The lowest BCUT2D eigenvalue weighted by atomic mass is 10.0. The second-order valence-corrected chi connectivity index (χ2v) is 7.55. The smallest absolute Gasteiger partial charge is 0.242 e. The van der Waals surface area contributed by atoms with Crippen LogP contribution in [-0.2, 0) is 4.79 Å². The fourth-order valence-electron chi connectivity index (χ4n) is 3.93. The van der Waals surface area contributed by atoms with E-state index in [0.29, 0.717) is 6.54 Å². The first-order valence-electron chi connectivity index (χ1n) is 9.98. The Balaban J connectivity index is 1.83. The number of hydrogen-bond donors (Lipinski definition) is 0. The average molecular weight is 400 g/mol. The van der Waals surface area contributed by atoms with E-state index >= 15 is 0 Å². The first-order valence-corrected chi connectivity index (χ1v) is 9.98.